The lowest BCUT2D eigenvalue weighted by Gasteiger charge is -2.12. The van der Waals surface area contributed by atoms with E-state index in [0.717, 1.165) is 19.4 Å². The van der Waals surface area contributed by atoms with E-state index >= 15 is 0 Å². The van der Waals surface area contributed by atoms with Crippen LogP contribution >= 0.6 is 0 Å². The molecule has 0 radical (unpaired) electrons. The summed E-state index contributed by atoms with van der Waals surface area (Å²) in [5, 5.41) is 11.6. The lowest BCUT2D eigenvalue weighted by atomic mass is 10.2. The van der Waals surface area contributed by atoms with Crippen molar-refractivity contribution in [3.63, 3.8) is 0 Å². The van der Waals surface area contributed by atoms with Gasteiger partial charge in [-0.3, -0.25) is 14.4 Å². The molecule has 4 N–H and O–H groups in total. The van der Waals surface area contributed by atoms with E-state index in [1.807, 2.05) is 12.1 Å². The SMILES string of the molecule is O=C(CNc1cccc(NC(=O)c2ccccc2)c1)Nc1ccc(C(=O)NCC2CCCO2)cc1. The van der Waals surface area contributed by atoms with Crippen molar-refractivity contribution in [1.82, 2.24) is 5.32 Å². The van der Waals surface area contributed by atoms with Crippen LogP contribution in [-0.2, 0) is 9.53 Å². The second-order valence-corrected chi connectivity index (χ2v) is 8.23. The van der Waals surface area contributed by atoms with Crippen molar-refractivity contribution in [3.05, 3.63) is 90.0 Å². The van der Waals surface area contributed by atoms with Gasteiger partial charge in [-0.1, -0.05) is 24.3 Å². The molecular formula is C27H28N4O4. The standard InChI is InChI=1S/C27H28N4O4/c32-25(30-21-13-11-20(12-14-21)26(33)29-17-24-10-5-15-35-24)18-28-22-8-4-9-23(16-22)31-27(34)19-6-2-1-3-7-19/h1-4,6-9,11-14,16,24,28H,5,10,15,17-18H2,(H,29,33)(H,30,32)(H,31,34). The van der Waals surface area contributed by atoms with E-state index in [-0.39, 0.29) is 30.4 Å². The van der Waals surface area contributed by atoms with Crippen LogP contribution < -0.4 is 21.3 Å². The number of carbonyl (C=O) groups is 3. The van der Waals surface area contributed by atoms with Gasteiger partial charge >= 0.3 is 0 Å². The molecule has 1 aliphatic heterocycles. The maximum atomic E-state index is 12.4. The maximum Gasteiger partial charge on any atom is 0.255 e. The van der Waals surface area contributed by atoms with Crippen LogP contribution in [0, 0.1) is 0 Å². The smallest absolute Gasteiger partial charge is 0.255 e. The van der Waals surface area contributed by atoms with Crippen LogP contribution in [0.5, 0.6) is 0 Å². The van der Waals surface area contributed by atoms with Gasteiger partial charge in [0.05, 0.1) is 12.6 Å². The molecule has 0 aromatic heterocycles. The van der Waals surface area contributed by atoms with Crippen LogP contribution in [-0.4, -0.2) is 43.5 Å². The number of hydrogen-bond donors (Lipinski definition) is 4. The molecule has 0 bridgehead atoms. The van der Waals surface area contributed by atoms with Crippen LogP contribution in [0.1, 0.15) is 33.6 Å². The molecule has 1 saturated heterocycles. The Morgan fingerprint density at radius 2 is 1.51 bits per heavy atom. The summed E-state index contributed by atoms with van der Waals surface area (Å²) in [6.45, 7) is 1.29. The Morgan fingerprint density at radius 1 is 0.771 bits per heavy atom. The fraction of sp³-hybridized carbons (Fsp3) is 0.222. The third-order valence-electron chi connectivity index (χ3n) is 5.55. The highest BCUT2D eigenvalue weighted by Gasteiger charge is 2.16. The summed E-state index contributed by atoms with van der Waals surface area (Å²) in [4.78, 5) is 37.0. The van der Waals surface area contributed by atoms with Crippen LogP contribution in [0.25, 0.3) is 0 Å². The molecular weight excluding hydrogens is 444 g/mol. The number of rotatable bonds is 9. The highest BCUT2D eigenvalue weighted by atomic mass is 16.5. The molecule has 3 amide bonds. The Morgan fingerprint density at radius 3 is 2.26 bits per heavy atom. The first-order valence-electron chi connectivity index (χ1n) is 11.6. The topological polar surface area (TPSA) is 109 Å². The zero-order chi connectivity index (χ0) is 24.5. The first-order chi connectivity index (χ1) is 17.1. The third kappa shape index (κ3) is 7.15. The molecule has 1 unspecified atom stereocenters. The van der Waals surface area contributed by atoms with Gasteiger partial charge in [-0.15, -0.1) is 0 Å². The van der Waals surface area contributed by atoms with Crippen LogP contribution in [0.2, 0.25) is 0 Å². The predicted molar refractivity (Wildman–Crippen MR) is 136 cm³/mol. The molecule has 35 heavy (non-hydrogen) atoms. The van der Waals surface area contributed by atoms with Crippen molar-refractivity contribution >= 4 is 34.8 Å². The molecule has 0 saturated carbocycles. The van der Waals surface area contributed by atoms with Crippen molar-refractivity contribution in [2.45, 2.75) is 18.9 Å². The van der Waals surface area contributed by atoms with Gasteiger partial charge in [0.2, 0.25) is 5.91 Å². The predicted octanol–water partition coefficient (Wildman–Crippen LogP) is 3.90. The van der Waals surface area contributed by atoms with Crippen molar-refractivity contribution < 1.29 is 19.1 Å². The molecule has 1 fully saturated rings. The summed E-state index contributed by atoms with van der Waals surface area (Å²) in [6, 6.07) is 22.8. The van der Waals surface area contributed by atoms with Crippen molar-refractivity contribution in [2.75, 3.05) is 35.6 Å². The summed E-state index contributed by atoms with van der Waals surface area (Å²) < 4.78 is 5.51. The Labute approximate surface area is 204 Å². The minimum Gasteiger partial charge on any atom is -0.376 e. The zero-order valence-corrected chi connectivity index (χ0v) is 19.3. The van der Waals surface area contributed by atoms with Gasteiger partial charge in [0.1, 0.15) is 0 Å². The van der Waals surface area contributed by atoms with Gasteiger partial charge in [0, 0.05) is 41.3 Å². The van der Waals surface area contributed by atoms with E-state index in [2.05, 4.69) is 21.3 Å². The molecule has 0 spiro atoms. The Bertz CT molecular complexity index is 1160. The molecule has 180 valence electrons. The minimum atomic E-state index is -0.237. The highest BCUT2D eigenvalue weighted by molar-refractivity contribution is 6.04. The number of hydrogen-bond acceptors (Lipinski definition) is 5. The molecule has 3 aromatic rings. The maximum absolute atomic E-state index is 12.4. The Hall–Kier alpha value is -4.17. The Balaban J connectivity index is 1.23. The van der Waals surface area contributed by atoms with E-state index < -0.39 is 0 Å². The second-order valence-electron chi connectivity index (χ2n) is 8.23. The lowest BCUT2D eigenvalue weighted by molar-refractivity contribution is -0.114. The molecule has 8 nitrogen and oxygen atoms in total. The van der Waals surface area contributed by atoms with Gasteiger partial charge in [0.15, 0.2) is 0 Å². The van der Waals surface area contributed by atoms with Crippen LogP contribution in [0.15, 0.2) is 78.9 Å². The first-order valence-corrected chi connectivity index (χ1v) is 11.6. The quantitative estimate of drug-likeness (QED) is 0.378. The monoisotopic (exact) mass is 472 g/mol. The molecule has 4 rings (SSSR count). The molecule has 1 aliphatic rings. The number of anilines is 3. The van der Waals surface area contributed by atoms with E-state index in [0.29, 0.717) is 34.7 Å². The van der Waals surface area contributed by atoms with Gasteiger partial charge in [-0.25, -0.2) is 0 Å². The highest BCUT2D eigenvalue weighted by Crippen LogP contribution is 2.17. The van der Waals surface area contributed by atoms with Gasteiger partial charge < -0.3 is 26.0 Å². The summed E-state index contributed by atoms with van der Waals surface area (Å²) in [7, 11) is 0. The minimum absolute atomic E-state index is 0.0414. The van der Waals surface area contributed by atoms with E-state index in [4.69, 9.17) is 4.74 Å². The number of carbonyl (C=O) groups excluding carboxylic acids is 3. The largest absolute Gasteiger partial charge is 0.376 e. The fourth-order valence-electron chi connectivity index (χ4n) is 3.71. The Kier molecular flexibility index (Phi) is 8.08. The number of ether oxygens (including phenoxy) is 1. The molecule has 3 aromatic carbocycles. The summed E-state index contributed by atoms with van der Waals surface area (Å²) in [5.41, 5.74) is 3.00. The average Bonchev–Trinajstić information content (AvgIpc) is 3.41. The van der Waals surface area contributed by atoms with Crippen molar-refractivity contribution in [1.29, 1.82) is 0 Å². The first kappa shape index (κ1) is 24.0. The van der Waals surface area contributed by atoms with Crippen LogP contribution in [0.4, 0.5) is 17.1 Å². The molecule has 1 atom stereocenters. The van der Waals surface area contributed by atoms with Gasteiger partial charge in [0.25, 0.3) is 11.8 Å². The van der Waals surface area contributed by atoms with E-state index in [1.165, 1.54) is 0 Å². The fourth-order valence-corrected chi connectivity index (χ4v) is 3.71. The summed E-state index contributed by atoms with van der Waals surface area (Å²) in [6.07, 6.45) is 2.08. The van der Waals surface area contributed by atoms with Crippen molar-refractivity contribution in [3.8, 4) is 0 Å². The molecule has 1 heterocycles. The van der Waals surface area contributed by atoms with Gasteiger partial charge in [-0.2, -0.15) is 0 Å². The molecule has 8 heteroatoms. The summed E-state index contributed by atoms with van der Waals surface area (Å²) >= 11 is 0. The third-order valence-corrected chi connectivity index (χ3v) is 5.55. The zero-order valence-electron chi connectivity index (χ0n) is 19.3. The number of nitrogens with one attached hydrogen (secondary N) is 4. The molecule has 0 aliphatic carbocycles. The van der Waals surface area contributed by atoms with Crippen LogP contribution in [0.3, 0.4) is 0 Å². The van der Waals surface area contributed by atoms with E-state index in [9.17, 15) is 14.4 Å². The van der Waals surface area contributed by atoms with E-state index in [1.54, 1.807) is 66.7 Å². The number of amides is 3. The lowest BCUT2D eigenvalue weighted by Crippen LogP contribution is -2.31. The number of benzene rings is 3. The van der Waals surface area contributed by atoms with Crippen molar-refractivity contribution in [2.24, 2.45) is 0 Å². The summed E-state index contributed by atoms with van der Waals surface area (Å²) in [5.74, 6) is -0.608. The second kappa shape index (κ2) is 11.8. The average molecular weight is 473 g/mol. The normalized spacial score (nSPS) is 14.7. The van der Waals surface area contributed by atoms with Gasteiger partial charge in [-0.05, 0) is 67.4 Å².